The monoisotopic (exact) mass is 354 g/mol. The maximum Gasteiger partial charge on any atom is 0.313 e. The highest BCUT2D eigenvalue weighted by Gasteiger charge is 2.42. The van der Waals surface area contributed by atoms with E-state index in [-0.39, 0.29) is 18.3 Å². The van der Waals surface area contributed by atoms with E-state index < -0.39 is 29.2 Å². The van der Waals surface area contributed by atoms with Gasteiger partial charge in [0, 0.05) is 25.5 Å². The molecule has 8 heteroatoms. The Hall–Kier alpha value is -2.06. The van der Waals surface area contributed by atoms with Crippen molar-refractivity contribution >= 4 is 17.5 Å². The first kappa shape index (κ1) is 17.8. The zero-order valence-electron chi connectivity index (χ0n) is 13.6. The van der Waals surface area contributed by atoms with Crippen LogP contribution in [-0.4, -0.2) is 36.9 Å². The van der Waals surface area contributed by atoms with Gasteiger partial charge in [0.15, 0.2) is 5.79 Å². The molecule has 0 aromatic heterocycles. The first-order valence-electron chi connectivity index (χ1n) is 8.33. The molecule has 1 aliphatic heterocycles. The van der Waals surface area contributed by atoms with Crippen LogP contribution < -0.4 is 10.6 Å². The van der Waals surface area contributed by atoms with Crippen LogP contribution in [0.5, 0.6) is 0 Å². The molecule has 136 valence electrons. The molecule has 2 aliphatic rings. The molecule has 25 heavy (non-hydrogen) atoms. The van der Waals surface area contributed by atoms with Crippen LogP contribution >= 0.6 is 0 Å². The molecule has 1 aromatic carbocycles. The summed E-state index contributed by atoms with van der Waals surface area (Å²) in [7, 11) is 0. The van der Waals surface area contributed by atoms with Gasteiger partial charge in [-0.25, -0.2) is 8.78 Å². The smallest absolute Gasteiger partial charge is 0.313 e. The van der Waals surface area contributed by atoms with Crippen LogP contribution in [0.3, 0.4) is 0 Å². The average Bonchev–Trinajstić information content (AvgIpc) is 2.99. The lowest BCUT2D eigenvalue weighted by molar-refractivity contribution is -0.186. The number of carbonyl (C=O) groups excluding carboxylic acids is 2. The summed E-state index contributed by atoms with van der Waals surface area (Å²) in [6, 6.07) is 2.60. The lowest BCUT2D eigenvalue weighted by Crippen LogP contribution is -2.41. The Balaban J connectivity index is 1.47. The molecule has 6 nitrogen and oxygen atoms in total. The van der Waals surface area contributed by atoms with E-state index in [1.54, 1.807) is 0 Å². The Morgan fingerprint density at radius 1 is 1.16 bits per heavy atom. The number of halogens is 2. The molecule has 1 aromatic rings. The molecule has 0 radical (unpaired) electrons. The highest BCUT2D eigenvalue weighted by atomic mass is 19.1. The number of hydrogen-bond acceptors (Lipinski definition) is 4. The summed E-state index contributed by atoms with van der Waals surface area (Å²) in [4.78, 5) is 23.6. The third-order valence-electron chi connectivity index (χ3n) is 4.40. The summed E-state index contributed by atoms with van der Waals surface area (Å²) >= 11 is 0. The molecule has 2 N–H and O–H groups in total. The predicted octanol–water partition coefficient (Wildman–Crippen LogP) is 2.10. The molecule has 2 fully saturated rings. The third kappa shape index (κ3) is 4.32. The summed E-state index contributed by atoms with van der Waals surface area (Å²) in [6.07, 6.45) is 4.57. The van der Waals surface area contributed by atoms with Crippen molar-refractivity contribution in [3.05, 3.63) is 29.8 Å². The standard InChI is InChI=1S/C17H20F2N2O4/c18-11-4-5-13(19)14(8-11)21-16(23)15(22)20-9-12-10-24-17(25-12)6-2-1-3-7-17/h4-5,8,12H,1-3,6-7,9-10H2,(H,20,22)(H,21,23)/t12-/m0/s1. The van der Waals surface area contributed by atoms with E-state index in [0.29, 0.717) is 6.61 Å². The minimum Gasteiger partial charge on any atom is -0.347 e. The molecule has 1 saturated heterocycles. The van der Waals surface area contributed by atoms with E-state index >= 15 is 0 Å². The van der Waals surface area contributed by atoms with Gasteiger partial charge in [-0.1, -0.05) is 6.42 Å². The van der Waals surface area contributed by atoms with Crippen molar-refractivity contribution in [2.45, 2.75) is 44.0 Å². The Kier molecular flexibility index (Phi) is 5.29. The largest absolute Gasteiger partial charge is 0.347 e. The summed E-state index contributed by atoms with van der Waals surface area (Å²) < 4.78 is 38.2. The molecule has 1 heterocycles. The molecule has 1 spiro atoms. The van der Waals surface area contributed by atoms with Gasteiger partial charge in [0.25, 0.3) is 0 Å². The van der Waals surface area contributed by atoms with Gasteiger partial charge in [-0.3, -0.25) is 9.59 Å². The SMILES string of the molecule is O=C(NC[C@H]1COC2(CCCCC2)O1)C(=O)Nc1cc(F)ccc1F. The van der Waals surface area contributed by atoms with Crippen LogP contribution in [-0.2, 0) is 19.1 Å². The first-order valence-corrected chi connectivity index (χ1v) is 8.33. The average molecular weight is 354 g/mol. The van der Waals surface area contributed by atoms with Gasteiger partial charge < -0.3 is 20.1 Å². The first-order chi connectivity index (χ1) is 12.0. The van der Waals surface area contributed by atoms with Gasteiger partial charge in [0.1, 0.15) is 17.7 Å². The molecule has 2 amide bonds. The van der Waals surface area contributed by atoms with E-state index in [9.17, 15) is 18.4 Å². The highest BCUT2D eigenvalue weighted by Crippen LogP contribution is 2.37. The number of anilines is 1. The van der Waals surface area contributed by atoms with Gasteiger partial charge in [-0.2, -0.15) is 0 Å². The van der Waals surface area contributed by atoms with Gasteiger partial charge in [-0.05, 0) is 25.0 Å². The highest BCUT2D eigenvalue weighted by molar-refractivity contribution is 6.39. The zero-order chi connectivity index (χ0) is 17.9. The van der Waals surface area contributed by atoms with Crippen LogP contribution in [0.1, 0.15) is 32.1 Å². The van der Waals surface area contributed by atoms with E-state index in [0.717, 1.165) is 50.3 Å². The Morgan fingerprint density at radius 2 is 1.92 bits per heavy atom. The lowest BCUT2D eigenvalue weighted by Gasteiger charge is -2.31. The number of rotatable bonds is 3. The molecule has 1 atom stereocenters. The van der Waals surface area contributed by atoms with Crippen molar-refractivity contribution in [1.82, 2.24) is 5.32 Å². The third-order valence-corrected chi connectivity index (χ3v) is 4.40. The van der Waals surface area contributed by atoms with Crippen LogP contribution in [0.25, 0.3) is 0 Å². The van der Waals surface area contributed by atoms with Crippen LogP contribution in [0.2, 0.25) is 0 Å². The maximum absolute atomic E-state index is 13.5. The van der Waals surface area contributed by atoms with E-state index in [4.69, 9.17) is 9.47 Å². The van der Waals surface area contributed by atoms with Crippen LogP contribution in [0.4, 0.5) is 14.5 Å². The molecule has 3 rings (SSSR count). The zero-order valence-corrected chi connectivity index (χ0v) is 13.6. The minimum atomic E-state index is -1.07. The second-order valence-corrected chi connectivity index (χ2v) is 6.31. The summed E-state index contributed by atoms with van der Waals surface area (Å²) in [5.74, 6) is -4.12. The Bertz CT molecular complexity index is 662. The number of ether oxygens (including phenoxy) is 2. The fourth-order valence-corrected chi connectivity index (χ4v) is 3.13. The second-order valence-electron chi connectivity index (χ2n) is 6.31. The summed E-state index contributed by atoms with van der Waals surface area (Å²) in [5, 5.41) is 4.47. The second kappa shape index (κ2) is 7.45. The summed E-state index contributed by atoms with van der Waals surface area (Å²) in [6.45, 7) is 0.458. The van der Waals surface area contributed by atoms with Gasteiger partial charge in [0.05, 0.1) is 12.3 Å². The fraction of sp³-hybridized carbons (Fsp3) is 0.529. The topological polar surface area (TPSA) is 76.7 Å². The number of nitrogens with one attached hydrogen (secondary N) is 2. The maximum atomic E-state index is 13.5. The Labute approximate surface area is 143 Å². The van der Waals surface area contributed by atoms with Gasteiger partial charge >= 0.3 is 11.8 Å². The van der Waals surface area contributed by atoms with Crippen molar-refractivity contribution in [3.8, 4) is 0 Å². The predicted molar refractivity (Wildman–Crippen MR) is 84.6 cm³/mol. The van der Waals surface area contributed by atoms with Gasteiger partial charge in [-0.15, -0.1) is 0 Å². The normalized spacial score (nSPS) is 21.9. The lowest BCUT2D eigenvalue weighted by atomic mass is 9.94. The molecule has 0 unspecified atom stereocenters. The number of carbonyl (C=O) groups is 2. The van der Waals surface area contributed by atoms with E-state index in [2.05, 4.69) is 5.32 Å². The van der Waals surface area contributed by atoms with E-state index in [1.165, 1.54) is 0 Å². The van der Waals surface area contributed by atoms with Crippen LogP contribution in [0.15, 0.2) is 18.2 Å². The molecule has 0 bridgehead atoms. The number of amides is 2. The van der Waals surface area contributed by atoms with Crippen molar-refractivity contribution in [2.24, 2.45) is 0 Å². The quantitative estimate of drug-likeness (QED) is 0.815. The van der Waals surface area contributed by atoms with Crippen molar-refractivity contribution < 1.29 is 27.8 Å². The molecular weight excluding hydrogens is 334 g/mol. The Morgan fingerprint density at radius 3 is 2.68 bits per heavy atom. The van der Waals surface area contributed by atoms with Crippen LogP contribution in [0, 0.1) is 11.6 Å². The van der Waals surface area contributed by atoms with Gasteiger partial charge in [0.2, 0.25) is 0 Å². The molecule has 1 aliphatic carbocycles. The number of benzene rings is 1. The van der Waals surface area contributed by atoms with Crippen molar-refractivity contribution in [3.63, 3.8) is 0 Å². The fourth-order valence-electron chi connectivity index (χ4n) is 3.13. The van der Waals surface area contributed by atoms with Crippen molar-refractivity contribution in [2.75, 3.05) is 18.5 Å². The van der Waals surface area contributed by atoms with E-state index in [1.807, 2.05) is 5.32 Å². The van der Waals surface area contributed by atoms with Crippen molar-refractivity contribution in [1.29, 1.82) is 0 Å². The molecular formula is C17H20F2N2O4. The summed E-state index contributed by atoms with van der Waals surface area (Å²) in [5.41, 5.74) is -0.387. The number of hydrogen-bond donors (Lipinski definition) is 2. The molecule has 1 saturated carbocycles. The minimum absolute atomic E-state index is 0.111.